The molecular formula is C13H11F2N3O3S. The van der Waals surface area contributed by atoms with Gasteiger partial charge >= 0.3 is 0 Å². The van der Waals surface area contributed by atoms with Gasteiger partial charge in [0.15, 0.2) is 0 Å². The molecular weight excluding hydrogens is 316 g/mol. The number of halogens is 2. The fourth-order valence-electron chi connectivity index (χ4n) is 1.49. The van der Waals surface area contributed by atoms with E-state index < -0.39 is 23.1 Å². The maximum Gasteiger partial charge on any atom is 0.277 e. The second-order valence-electron chi connectivity index (χ2n) is 4.23. The van der Waals surface area contributed by atoms with Crippen molar-refractivity contribution in [2.45, 2.75) is 18.7 Å². The van der Waals surface area contributed by atoms with Gasteiger partial charge in [0, 0.05) is 0 Å². The number of rotatable bonds is 6. The third-order valence-electron chi connectivity index (χ3n) is 2.44. The minimum absolute atomic E-state index is 0.0481. The Kier molecular flexibility index (Phi) is 5.21. The number of Topliss-reactive ketones (excluding diaryl/α,β-unsaturated/α-hetero) is 1. The highest BCUT2D eigenvalue weighted by atomic mass is 32.2. The summed E-state index contributed by atoms with van der Waals surface area (Å²) in [7, 11) is 0. The first-order valence-corrected chi connectivity index (χ1v) is 7.12. The molecule has 0 bridgehead atoms. The molecule has 0 aliphatic carbocycles. The van der Waals surface area contributed by atoms with Crippen LogP contribution in [0, 0.1) is 11.6 Å². The molecule has 1 heterocycles. The first kappa shape index (κ1) is 16.1. The van der Waals surface area contributed by atoms with Crippen molar-refractivity contribution >= 4 is 23.5 Å². The lowest BCUT2D eigenvalue weighted by molar-refractivity contribution is -0.114. The normalized spacial score (nSPS) is 10.5. The molecule has 0 aliphatic rings. The number of nitrogens with one attached hydrogen (secondary N) is 1. The number of hydrogen-bond acceptors (Lipinski definition) is 6. The first-order valence-electron chi connectivity index (χ1n) is 6.14. The number of aromatic nitrogens is 2. The van der Waals surface area contributed by atoms with Crippen molar-refractivity contribution in [3.63, 3.8) is 0 Å². The summed E-state index contributed by atoms with van der Waals surface area (Å²) in [5.41, 5.74) is -0.673. The Bertz CT molecular complexity index is 685. The van der Waals surface area contributed by atoms with E-state index in [9.17, 15) is 18.4 Å². The van der Waals surface area contributed by atoms with Crippen LogP contribution in [-0.4, -0.2) is 27.6 Å². The number of amides is 1. The lowest BCUT2D eigenvalue weighted by Crippen LogP contribution is -2.25. The molecule has 0 radical (unpaired) electrons. The molecule has 2 aromatic rings. The number of carbonyl (C=O) groups excluding carboxylic acids is 2. The fourth-order valence-corrected chi connectivity index (χ4v) is 2.07. The molecule has 2 rings (SSSR count). The molecule has 0 unspecified atom stereocenters. The average molecular weight is 327 g/mol. The van der Waals surface area contributed by atoms with Gasteiger partial charge in [-0.1, -0.05) is 17.8 Å². The van der Waals surface area contributed by atoms with E-state index in [2.05, 4.69) is 15.5 Å². The minimum atomic E-state index is -0.958. The number of nitrogens with zero attached hydrogens (tertiary/aromatic N) is 2. The molecule has 22 heavy (non-hydrogen) atoms. The van der Waals surface area contributed by atoms with Crippen molar-refractivity contribution in [1.82, 2.24) is 15.5 Å². The summed E-state index contributed by atoms with van der Waals surface area (Å²) in [6.07, 6.45) is 0. The molecule has 0 saturated carbocycles. The average Bonchev–Trinajstić information content (AvgIpc) is 2.90. The summed E-state index contributed by atoms with van der Waals surface area (Å²) in [4.78, 5) is 22.6. The van der Waals surface area contributed by atoms with Crippen molar-refractivity contribution in [1.29, 1.82) is 0 Å². The Balaban J connectivity index is 1.95. The monoisotopic (exact) mass is 327 g/mol. The minimum Gasteiger partial charge on any atom is -0.414 e. The van der Waals surface area contributed by atoms with Crippen molar-refractivity contribution in [3.8, 4) is 0 Å². The Morgan fingerprint density at radius 3 is 2.59 bits per heavy atom. The van der Waals surface area contributed by atoms with Crippen molar-refractivity contribution in [2.75, 3.05) is 5.75 Å². The molecule has 1 aromatic heterocycles. The van der Waals surface area contributed by atoms with Crippen molar-refractivity contribution in [2.24, 2.45) is 0 Å². The SMILES string of the molecule is CC(=O)CSc1nnc(CNC(=O)c2c(F)cccc2F)o1. The molecule has 6 nitrogen and oxygen atoms in total. The van der Waals surface area contributed by atoms with Crippen molar-refractivity contribution in [3.05, 3.63) is 41.3 Å². The second-order valence-corrected chi connectivity index (χ2v) is 5.16. The van der Waals surface area contributed by atoms with Gasteiger partial charge in [-0.25, -0.2) is 8.78 Å². The van der Waals surface area contributed by atoms with E-state index in [1.165, 1.54) is 6.92 Å². The number of ketones is 1. The van der Waals surface area contributed by atoms with Gasteiger partial charge in [0.05, 0.1) is 12.3 Å². The largest absolute Gasteiger partial charge is 0.414 e. The summed E-state index contributed by atoms with van der Waals surface area (Å²) >= 11 is 1.06. The van der Waals surface area contributed by atoms with Crippen LogP contribution in [0.1, 0.15) is 23.2 Å². The molecule has 0 fully saturated rings. The van der Waals surface area contributed by atoms with Crippen LogP contribution in [-0.2, 0) is 11.3 Å². The molecule has 1 N–H and O–H groups in total. The lowest BCUT2D eigenvalue weighted by atomic mass is 10.2. The Morgan fingerprint density at radius 1 is 1.27 bits per heavy atom. The Labute approximate surface area is 128 Å². The summed E-state index contributed by atoms with van der Waals surface area (Å²) in [5.74, 6) is -2.63. The van der Waals surface area contributed by atoms with E-state index in [1.807, 2.05) is 0 Å². The van der Waals surface area contributed by atoms with Crippen LogP contribution < -0.4 is 5.32 Å². The Morgan fingerprint density at radius 2 is 1.95 bits per heavy atom. The molecule has 0 spiro atoms. The third-order valence-corrected chi connectivity index (χ3v) is 3.40. The van der Waals surface area contributed by atoms with Gasteiger partial charge in [0.2, 0.25) is 5.89 Å². The quantitative estimate of drug-likeness (QED) is 0.816. The predicted octanol–water partition coefficient (Wildman–Crippen LogP) is 1.96. The standard InChI is InChI=1S/C13H11F2N3O3S/c1-7(19)6-22-13-18-17-10(21-13)5-16-12(20)11-8(14)3-2-4-9(11)15/h2-4H,5-6H2,1H3,(H,16,20). The third kappa shape index (κ3) is 4.10. The van der Waals surface area contributed by atoms with Gasteiger partial charge in [0.1, 0.15) is 23.0 Å². The van der Waals surface area contributed by atoms with Gasteiger partial charge in [-0.05, 0) is 19.1 Å². The molecule has 9 heteroatoms. The first-order chi connectivity index (χ1) is 10.5. The maximum absolute atomic E-state index is 13.4. The summed E-state index contributed by atoms with van der Waals surface area (Å²) in [6, 6.07) is 3.14. The van der Waals surface area contributed by atoms with E-state index in [4.69, 9.17) is 4.42 Å². The highest BCUT2D eigenvalue weighted by molar-refractivity contribution is 7.99. The zero-order valence-electron chi connectivity index (χ0n) is 11.4. The van der Waals surface area contributed by atoms with E-state index in [0.29, 0.717) is 0 Å². The zero-order valence-corrected chi connectivity index (χ0v) is 12.2. The van der Waals surface area contributed by atoms with Crippen LogP contribution in [0.2, 0.25) is 0 Å². The molecule has 1 amide bonds. The van der Waals surface area contributed by atoms with Crippen LogP contribution in [0.4, 0.5) is 8.78 Å². The number of benzene rings is 1. The van der Waals surface area contributed by atoms with Crippen LogP contribution in [0.3, 0.4) is 0 Å². The molecule has 1 aromatic carbocycles. The van der Waals surface area contributed by atoms with Gasteiger partial charge in [-0.15, -0.1) is 10.2 Å². The second kappa shape index (κ2) is 7.12. The topological polar surface area (TPSA) is 85.1 Å². The molecule has 0 aliphatic heterocycles. The summed E-state index contributed by atoms with van der Waals surface area (Å²) in [5, 5.41) is 9.78. The van der Waals surface area contributed by atoms with Crippen molar-refractivity contribution < 1.29 is 22.8 Å². The number of hydrogen-bond donors (Lipinski definition) is 1. The lowest BCUT2D eigenvalue weighted by Gasteiger charge is -2.04. The smallest absolute Gasteiger partial charge is 0.277 e. The molecule has 116 valence electrons. The van der Waals surface area contributed by atoms with Gasteiger partial charge in [0.25, 0.3) is 11.1 Å². The number of thioether (sulfide) groups is 1. The predicted molar refractivity (Wildman–Crippen MR) is 73.2 cm³/mol. The molecule has 0 atom stereocenters. The van der Waals surface area contributed by atoms with Crippen LogP contribution in [0.15, 0.2) is 27.8 Å². The fraction of sp³-hybridized carbons (Fsp3) is 0.231. The van der Waals surface area contributed by atoms with Crippen LogP contribution in [0.5, 0.6) is 0 Å². The zero-order chi connectivity index (χ0) is 16.1. The number of carbonyl (C=O) groups is 2. The van der Waals surface area contributed by atoms with E-state index in [0.717, 1.165) is 30.0 Å². The summed E-state index contributed by atoms with van der Waals surface area (Å²) < 4.78 is 32.0. The highest BCUT2D eigenvalue weighted by Gasteiger charge is 2.17. The van der Waals surface area contributed by atoms with E-state index in [-0.39, 0.29) is 29.2 Å². The maximum atomic E-state index is 13.4. The van der Waals surface area contributed by atoms with E-state index >= 15 is 0 Å². The van der Waals surface area contributed by atoms with Gasteiger partial charge in [-0.3, -0.25) is 9.59 Å². The Hall–Kier alpha value is -2.29. The van der Waals surface area contributed by atoms with E-state index in [1.54, 1.807) is 0 Å². The van der Waals surface area contributed by atoms with Gasteiger partial charge in [-0.2, -0.15) is 0 Å². The highest BCUT2D eigenvalue weighted by Crippen LogP contribution is 2.16. The summed E-state index contributed by atoms with van der Waals surface area (Å²) in [6.45, 7) is 1.24. The van der Waals surface area contributed by atoms with Crippen LogP contribution in [0.25, 0.3) is 0 Å². The van der Waals surface area contributed by atoms with Gasteiger partial charge < -0.3 is 9.73 Å². The van der Waals surface area contributed by atoms with Crippen LogP contribution >= 0.6 is 11.8 Å². The molecule has 0 saturated heterocycles.